The molecule has 0 amide bonds. The number of fused-ring (bicyclic) bond motifs is 5. The van der Waals surface area contributed by atoms with Gasteiger partial charge in [0.15, 0.2) is 5.79 Å². The van der Waals surface area contributed by atoms with Crippen LogP contribution in [0.4, 0.5) is 0 Å². The molecular weight excluding hydrogens is 428 g/mol. The Labute approximate surface area is 181 Å². The van der Waals surface area contributed by atoms with E-state index in [2.05, 4.69) is 57.9 Å². The molecule has 5 heteroatoms. The van der Waals surface area contributed by atoms with E-state index in [4.69, 9.17) is 14.6 Å². The molecular formula is C24H29BrN2O2. The molecule has 0 unspecified atom stereocenters. The van der Waals surface area contributed by atoms with Crippen LogP contribution in [-0.4, -0.2) is 28.8 Å². The van der Waals surface area contributed by atoms with E-state index in [9.17, 15) is 0 Å². The van der Waals surface area contributed by atoms with Gasteiger partial charge in [-0.15, -0.1) is 0 Å². The second kappa shape index (κ2) is 6.41. The van der Waals surface area contributed by atoms with E-state index in [-0.39, 0.29) is 16.6 Å². The number of nitrogens with zero attached hydrogens (tertiary/aromatic N) is 2. The lowest BCUT2D eigenvalue weighted by molar-refractivity contribution is -0.286. The zero-order valence-electron chi connectivity index (χ0n) is 17.1. The smallest absolute Gasteiger partial charge is 0.174 e. The highest BCUT2D eigenvalue weighted by molar-refractivity contribution is 9.10. The number of halogens is 1. The Balaban J connectivity index is 1.48. The van der Waals surface area contributed by atoms with Crippen molar-refractivity contribution in [3.63, 3.8) is 0 Å². The molecule has 4 nitrogen and oxygen atoms in total. The number of hydrogen-bond donors (Lipinski definition) is 0. The standard InChI is InChI=1S/C24H29BrN2O2/c1-22-13-14-24(28-15-16-29-24)23(11-5-6-12-23)19(22)10-9-18-20(22)26-27(21(18)25)17-7-3-2-4-8-17/h2-4,7-8,19H,5-6,9-16H2,1H3/t19-,22+/m1/s1. The van der Waals surface area contributed by atoms with E-state index in [1.807, 2.05) is 0 Å². The van der Waals surface area contributed by atoms with E-state index >= 15 is 0 Å². The van der Waals surface area contributed by atoms with Gasteiger partial charge in [-0.1, -0.05) is 38.0 Å². The third-order valence-electron chi connectivity index (χ3n) is 8.56. The number of ether oxygens (including phenoxy) is 2. The molecule has 1 aromatic heterocycles. The lowest BCUT2D eigenvalue weighted by Crippen LogP contribution is -2.62. The van der Waals surface area contributed by atoms with Gasteiger partial charge in [-0.05, 0) is 66.1 Å². The van der Waals surface area contributed by atoms with Crippen LogP contribution in [0.15, 0.2) is 34.9 Å². The Morgan fingerprint density at radius 2 is 1.76 bits per heavy atom. The van der Waals surface area contributed by atoms with Gasteiger partial charge in [0, 0.05) is 22.8 Å². The first-order valence-electron chi connectivity index (χ1n) is 11.2. The molecule has 2 heterocycles. The minimum Gasteiger partial charge on any atom is -0.347 e. The molecule has 2 atom stereocenters. The second-order valence-electron chi connectivity index (χ2n) is 9.69. The lowest BCUT2D eigenvalue weighted by Gasteiger charge is -2.60. The first-order chi connectivity index (χ1) is 14.1. The van der Waals surface area contributed by atoms with Crippen LogP contribution in [0.2, 0.25) is 0 Å². The predicted octanol–water partition coefficient (Wildman–Crippen LogP) is 5.55. The topological polar surface area (TPSA) is 36.3 Å². The summed E-state index contributed by atoms with van der Waals surface area (Å²) in [6.45, 7) is 3.99. The van der Waals surface area contributed by atoms with Gasteiger partial charge >= 0.3 is 0 Å². The van der Waals surface area contributed by atoms with Crippen molar-refractivity contribution >= 4 is 15.9 Å². The predicted molar refractivity (Wildman–Crippen MR) is 115 cm³/mol. The van der Waals surface area contributed by atoms with Crippen LogP contribution in [-0.2, 0) is 21.3 Å². The molecule has 3 fully saturated rings. The van der Waals surface area contributed by atoms with Crippen molar-refractivity contribution < 1.29 is 9.47 Å². The maximum atomic E-state index is 6.44. The summed E-state index contributed by atoms with van der Waals surface area (Å²) in [5.74, 6) is 0.229. The fraction of sp³-hybridized carbons (Fsp3) is 0.625. The Morgan fingerprint density at radius 1 is 1.03 bits per heavy atom. The van der Waals surface area contributed by atoms with E-state index < -0.39 is 0 Å². The van der Waals surface area contributed by atoms with Crippen molar-refractivity contribution in [2.75, 3.05) is 13.2 Å². The van der Waals surface area contributed by atoms with Crippen LogP contribution >= 0.6 is 15.9 Å². The lowest BCUT2D eigenvalue weighted by atomic mass is 9.47. The largest absolute Gasteiger partial charge is 0.347 e. The molecule has 154 valence electrons. The summed E-state index contributed by atoms with van der Waals surface area (Å²) in [7, 11) is 0. The van der Waals surface area contributed by atoms with Crippen LogP contribution in [0.1, 0.15) is 63.1 Å². The van der Waals surface area contributed by atoms with E-state index in [1.54, 1.807) is 0 Å². The van der Waals surface area contributed by atoms with Crippen molar-refractivity contribution in [2.24, 2.45) is 11.3 Å². The highest BCUT2D eigenvalue weighted by Gasteiger charge is 2.68. The summed E-state index contributed by atoms with van der Waals surface area (Å²) in [5.41, 5.74) is 4.07. The fourth-order valence-electron chi connectivity index (χ4n) is 7.36. The van der Waals surface area contributed by atoms with Gasteiger partial charge in [0.25, 0.3) is 0 Å². The Morgan fingerprint density at radius 3 is 2.48 bits per heavy atom. The Bertz CT molecular complexity index is 928. The molecule has 6 rings (SSSR count). The second-order valence-corrected chi connectivity index (χ2v) is 10.4. The molecule has 4 aliphatic rings. The summed E-state index contributed by atoms with van der Waals surface area (Å²) in [6, 6.07) is 10.5. The Kier molecular flexibility index (Phi) is 4.11. The van der Waals surface area contributed by atoms with Gasteiger partial charge in [-0.3, -0.25) is 0 Å². The third-order valence-corrected chi connectivity index (χ3v) is 9.38. The summed E-state index contributed by atoms with van der Waals surface area (Å²) in [4.78, 5) is 0. The van der Waals surface area contributed by atoms with Crippen molar-refractivity contribution in [3.05, 3.63) is 46.2 Å². The average Bonchev–Trinajstić information content (AvgIpc) is 3.47. The molecule has 2 spiro atoms. The zero-order valence-corrected chi connectivity index (χ0v) is 18.7. The third kappa shape index (κ3) is 2.35. The first kappa shape index (κ1) is 18.6. The normalized spacial score (nSPS) is 31.9. The molecule has 1 saturated heterocycles. The van der Waals surface area contributed by atoms with Gasteiger partial charge in [-0.25, -0.2) is 4.68 Å². The molecule has 0 N–H and O–H groups in total. The monoisotopic (exact) mass is 456 g/mol. The van der Waals surface area contributed by atoms with E-state index in [1.165, 1.54) is 43.4 Å². The molecule has 0 bridgehead atoms. The van der Waals surface area contributed by atoms with E-state index in [0.717, 1.165) is 42.8 Å². The molecule has 3 aliphatic carbocycles. The van der Waals surface area contributed by atoms with Crippen LogP contribution in [0.3, 0.4) is 0 Å². The van der Waals surface area contributed by atoms with Crippen molar-refractivity contribution in [3.8, 4) is 5.69 Å². The highest BCUT2D eigenvalue weighted by Crippen LogP contribution is 2.68. The molecule has 29 heavy (non-hydrogen) atoms. The van der Waals surface area contributed by atoms with Crippen LogP contribution < -0.4 is 0 Å². The summed E-state index contributed by atoms with van der Waals surface area (Å²) >= 11 is 3.90. The zero-order chi connectivity index (χ0) is 19.7. The minimum absolute atomic E-state index is 0.0844. The van der Waals surface area contributed by atoms with Crippen molar-refractivity contribution in [1.82, 2.24) is 9.78 Å². The van der Waals surface area contributed by atoms with Gasteiger partial charge in [-0.2, -0.15) is 5.10 Å². The summed E-state index contributed by atoms with van der Waals surface area (Å²) < 4.78 is 16.1. The molecule has 0 radical (unpaired) electrons. The van der Waals surface area contributed by atoms with Crippen LogP contribution in [0.25, 0.3) is 5.69 Å². The van der Waals surface area contributed by atoms with Crippen LogP contribution in [0.5, 0.6) is 0 Å². The quantitative estimate of drug-likeness (QED) is 0.563. The highest BCUT2D eigenvalue weighted by atomic mass is 79.9. The van der Waals surface area contributed by atoms with Gasteiger partial charge < -0.3 is 9.47 Å². The Hall–Kier alpha value is -1.17. The number of benzene rings is 1. The number of aromatic nitrogens is 2. The van der Waals surface area contributed by atoms with Gasteiger partial charge in [0.2, 0.25) is 0 Å². The SMILES string of the molecule is C[C@]12CCC3(OCCO3)C3(CCCC3)[C@@H]1CCc1c2nn(-c2ccccc2)c1Br. The summed E-state index contributed by atoms with van der Waals surface area (Å²) in [6.07, 6.45) is 9.45. The molecule has 2 aromatic rings. The number of hydrogen-bond acceptors (Lipinski definition) is 3. The van der Waals surface area contributed by atoms with Crippen LogP contribution in [0, 0.1) is 11.3 Å². The fourth-order valence-corrected chi connectivity index (χ4v) is 8.03. The van der Waals surface area contributed by atoms with Crippen molar-refractivity contribution in [1.29, 1.82) is 0 Å². The van der Waals surface area contributed by atoms with Gasteiger partial charge in [0.1, 0.15) is 4.60 Å². The van der Waals surface area contributed by atoms with E-state index in [0.29, 0.717) is 5.92 Å². The van der Waals surface area contributed by atoms with Crippen molar-refractivity contribution in [2.45, 2.75) is 69.5 Å². The summed E-state index contributed by atoms with van der Waals surface area (Å²) in [5, 5.41) is 5.23. The maximum absolute atomic E-state index is 6.44. The molecule has 2 saturated carbocycles. The average molecular weight is 457 g/mol. The maximum Gasteiger partial charge on any atom is 0.174 e. The number of rotatable bonds is 1. The van der Waals surface area contributed by atoms with Gasteiger partial charge in [0.05, 0.1) is 24.6 Å². The first-order valence-corrected chi connectivity index (χ1v) is 12.0. The molecule has 1 aromatic carbocycles. The molecule has 1 aliphatic heterocycles. The minimum atomic E-state index is -0.343. The number of para-hydroxylation sites is 1.